The molecule has 0 amide bonds. The lowest BCUT2D eigenvalue weighted by molar-refractivity contribution is -0.276. The highest BCUT2D eigenvalue weighted by molar-refractivity contribution is 6.17. The quantitative estimate of drug-likeness (QED) is 0.845. The lowest BCUT2D eigenvalue weighted by atomic mass is 10.1. The van der Waals surface area contributed by atoms with E-state index in [1.807, 2.05) is 0 Å². The van der Waals surface area contributed by atoms with Crippen molar-refractivity contribution in [2.24, 2.45) is 0 Å². The zero-order valence-electron chi connectivity index (χ0n) is 9.62. The molecule has 1 N–H and O–H groups in total. The highest BCUT2D eigenvalue weighted by Crippen LogP contribution is 2.35. The number of alkyl halides is 4. The first-order valence-electron chi connectivity index (χ1n) is 4.86. The van der Waals surface area contributed by atoms with Gasteiger partial charge in [-0.15, -0.1) is 24.8 Å². The van der Waals surface area contributed by atoms with Gasteiger partial charge in [-0.3, -0.25) is 4.79 Å². The summed E-state index contributed by atoms with van der Waals surface area (Å²) in [5.74, 6) is -2.53. The summed E-state index contributed by atoms with van der Waals surface area (Å²) in [7, 11) is 1.11. The fourth-order valence-electron chi connectivity index (χ4n) is 1.40. The van der Waals surface area contributed by atoms with Crippen LogP contribution in [0.5, 0.6) is 11.6 Å². The maximum absolute atomic E-state index is 12.2. The van der Waals surface area contributed by atoms with Crippen LogP contribution in [0.25, 0.3) is 0 Å². The number of ether oxygens (including phenoxy) is 2. The normalized spacial score (nSPS) is 11.2. The number of carboxylic acids is 1. The Morgan fingerprint density at radius 2 is 2.16 bits per heavy atom. The van der Waals surface area contributed by atoms with Crippen molar-refractivity contribution in [3.8, 4) is 11.6 Å². The van der Waals surface area contributed by atoms with Crippen molar-refractivity contribution in [1.82, 2.24) is 4.98 Å². The smallest absolute Gasteiger partial charge is 0.491 e. The van der Waals surface area contributed by atoms with Crippen LogP contribution in [0.15, 0.2) is 6.20 Å². The summed E-state index contributed by atoms with van der Waals surface area (Å²) in [5, 5.41) is 8.68. The third-order valence-electron chi connectivity index (χ3n) is 2.09. The van der Waals surface area contributed by atoms with Crippen LogP contribution in [0.3, 0.4) is 0 Å². The molecule has 1 aromatic rings. The molecule has 0 atom stereocenters. The van der Waals surface area contributed by atoms with Crippen LogP contribution in [0.4, 0.5) is 13.2 Å². The predicted molar refractivity (Wildman–Crippen MR) is 58.4 cm³/mol. The number of hydrogen-bond acceptors (Lipinski definition) is 4. The molecule has 0 aliphatic rings. The summed E-state index contributed by atoms with van der Waals surface area (Å²) in [4.78, 5) is 14.0. The van der Waals surface area contributed by atoms with E-state index in [9.17, 15) is 18.0 Å². The highest BCUT2D eigenvalue weighted by atomic mass is 35.5. The maximum Gasteiger partial charge on any atom is 0.574 e. The fraction of sp³-hybridized carbons (Fsp3) is 0.400. The van der Waals surface area contributed by atoms with Crippen LogP contribution in [0, 0.1) is 0 Å². The largest absolute Gasteiger partial charge is 0.574 e. The van der Waals surface area contributed by atoms with E-state index in [4.69, 9.17) is 21.4 Å². The number of halogens is 4. The van der Waals surface area contributed by atoms with Gasteiger partial charge in [0.15, 0.2) is 5.75 Å². The van der Waals surface area contributed by atoms with E-state index in [-0.39, 0.29) is 22.8 Å². The van der Waals surface area contributed by atoms with Crippen molar-refractivity contribution >= 4 is 17.6 Å². The Balaban J connectivity index is 3.26. The number of methoxy groups -OCH3 is 1. The van der Waals surface area contributed by atoms with E-state index < -0.39 is 24.6 Å². The Bertz CT molecular complexity index is 479. The molecule has 1 heterocycles. The van der Waals surface area contributed by atoms with Crippen LogP contribution in [0.2, 0.25) is 0 Å². The SMILES string of the molecule is COc1c(OC(F)(F)F)ncc(CC(=O)O)c1CCl. The molecule has 0 radical (unpaired) electrons. The first kappa shape index (κ1) is 15.4. The molecule has 5 nitrogen and oxygen atoms in total. The van der Waals surface area contributed by atoms with E-state index in [1.165, 1.54) is 0 Å². The van der Waals surface area contributed by atoms with Gasteiger partial charge in [-0.1, -0.05) is 0 Å². The second-order valence-electron chi connectivity index (χ2n) is 3.35. The Morgan fingerprint density at radius 1 is 1.53 bits per heavy atom. The van der Waals surface area contributed by atoms with Gasteiger partial charge in [0.05, 0.1) is 19.4 Å². The lowest BCUT2D eigenvalue weighted by Gasteiger charge is -2.15. The molecule has 0 spiro atoms. The molecule has 19 heavy (non-hydrogen) atoms. The molecule has 0 aromatic carbocycles. The molecule has 1 rings (SSSR count). The lowest BCUT2D eigenvalue weighted by Crippen LogP contribution is -2.19. The summed E-state index contributed by atoms with van der Waals surface area (Å²) in [5.41, 5.74) is 0.259. The van der Waals surface area contributed by atoms with Crippen LogP contribution in [-0.2, 0) is 17.1 Å². The first-order chi connectivity index (χ1) is 8.78. The third-order valence-corrected chi connectivity index (χ3v) is 2.35. The van der Waals surface area contributed by atoms with Gasteiger partial charge in [-0.2, -0.15) is 0 Å². The molecule has 0 aliphatic heterocycles. The van der Waals surface area contributed by atoms with Crippen molar-refractivity contribution in [3.63, 3.8) is 0 Å². The molecule has 1 aromatic heterocycles. The molecular formula is C10H9ClF3NO4. The van der Waals surface area contributed by atoms with E-state index in [0.29, 0.717) is 0 Å². The van der Waals surface area contributed by atoms with Crippen molar-refractivity contribution in [2.75, 3.05) is 7.11 Å². The summed E-state index contributed by atoms with van der Waals surface area (Å²) < 4.78 is 44.9. The number of carbonyl (C=O) groups is 1. The van der Waals surface area contributed by atoms with Crippen molar-refractivity contribution in [3.05, 3.63) is 17.3 Å². The van der Waals surface area contributed by atoms with Crippen molar-refractivity contribution in [1.29, 1.82) is 0 Å². The van der Waals surface area contributed by atoms with Gasteiger partial charge >= 0.3 is 12.3 Å². The van der Waals surface area contributed by atoms with E-state index in [1.54, 1.807) is 0 Å². The number of rotatable bonds is 5. The summed E-state index contributed by atoms with van der Waals surface area (Å²) in [6, 6.07) is 0. The van der Waals surface area contributed by atoms with Gasteiger partial charge in [0.2, 0.25) is 0 Å². The molecule has 9 heteroatoms. The van der Waals surface area contributed by atoms with Crippen molar-refractivity contribution in [2.45, 2.75) is 18.7 Å². The van der Waals surface area contributed by atoms with Crippen LogP contribution in [-0.4, -0.2) is 29.5 Å². The van der Waals surface area contributed by atoms with Gasteiger partial charge in [-0.05, 0) is 5.56 Å². The van der Waals surface area contributed by atoms with Gasteiger partial charge in [0.1, 0.15) is 0 Å². The number of aromatic nitrogens is 1. The molecule has 0 fully saturated rings. The van der Waals surface area contributed by atoms with Gasteiger partial charge in [0.25, 0.3) is 5.88 Å². The predicted octanol–water partition coefficient (Wildman–Crippen LogP) is 2.35. The molecule has 0 bridgehead atoms. The average Bonchev–Trinajstić information content (AvgIpc) is 2.27. The highest BCUT2D eigenvalue weighted by Gasteiger charge is 2.34. The molecule has 106 valence electrons. The second kappa shape index (κ2) is 5.96. The summed E-state index contributed by atoms with van der Waals surface area (Å²) >= 11 is 5.61. The van der Waals surface area contributed by atoms with Crippen molar-refractivity contribution < 1.29 is 32.5 Å². The van der Waals surface area contributed by atoms with E-state index >= 15 is 0 Å². The maximum atomic E-state index is 12.2. The monoisotopic (exact) mass is 299 g/mol. The minimum Gasteiger partial charge on any atom is -0.491 e. The van der Waals surface area contributed by atoms with Crippen LogP contribution in [0.1, 0.15) is 11.1 Å². The number of carboxylic acid groups (broad SMARTS) is 1. The summed E-state index contributed by atoms with van der Waals surface area (Å²) in [6.45, 7) is 0. The van der Waals surface area contributed by atoms with E-state index in [2.05, 4.69) is 9.72 Å². The van der Waals surface area contributed by atoms with Crippen LogP contribution < -0.4 is 9.47 Å². The Morgan fingerprint density at radius 3 is 2.58 bits per heavy atom. The fourth-order valence-corrected chi connectivity index (χ4v) is 1.70. The zero-order valence-corrected chi connectivity index (χ0v) is 10.4. The molecular weight excluding hydrogens is 291 g/mol. The molecule has 0 saturated carbocycles. The van der Waals surface area contributed by atoms with Gasteiger partial charge in [-0.25, -0.2) is 4.98 Å². The topological polar surface area (TPSA) is 68.7 Å². The number of aliphatic carboxylic acids is 1. The standard InChI is InChI=1S/C10H9ClF3NO4/c1-18-8-6(3-11)5(2-7(16)17)4-15-9(8)19-10(12,13)14/h4H,2-3H2,1H3,(H,16,17). The minimum atomic E-state index is -4.93. The Kier molecular flexibility index (Phi) is 4.82. The van der Waals surface area contributed by atoms with Gasteiger partial charge < -0.3 is 14.6 Å². The Hall–Kier alpha value is -1.70. The summed E-state index contributed by atoms with van der Waals surface area (Å²) in [6.07, 6.45) is -4.40. The van der Waals surface area contributed by atoms with Gasteiger partial charge in [0, 0.05) is 11.8 Å². The zero-order chi connectivity index (χ0) is 14.6. The minimum absolute atomic E-state index is 0.0980. The third kappa shape index (κ3) is 4.16. The number of pyridine rings is 1. The average molecular weight is 300 g/mol. The Labute approximate surface area is 110 Å². The first-order valence-corrected chi connectivity index (χ1v) is 5.40. The number of hydrogen-bond donors (Lipinski definition) is 1. The molecule has 0 aliphatic carbocycles. The number of nitrogens with zero attached hydrogens (tertiary/aromatic N) is 1. The van der Waals surface area contributed by atoms with E-state index in [0.717, 1.165) is 13.3 Å². The molecule has 0 saturated heterocycles. The molecule has 0 unspecified atom stereocenters. The van der Waals surface area contributed by atoms with Crippen LogP contribution >= 0.6 is 11.6 Å². The second-order valence-corrected chi connectivity index (χ2v) is 3.62.